The molecule has 1 saturated carbocycles. The first-order valence-corrected chi connectivity index (χ1v) is 5.59. The Hall–Kier alpha value is -1.10. The average Bonchev–Trinajstić information content (AvgIpc) is 2.67. The third-order valence-electron chi connectivity index (χ3n) is 3.60. The molecule has 0 aromatic heterocycles. The number of aliphatic hydroxyl groups is 1. The minimum atomic E-state index is -0.638. The van der Waals surface area contributed by atoms with Gasteiger partial charge < -0.3 is 10.8 Å². The maximum absolute atomic E-state index is 10.5. The summed E-state index contributed by atoms with van der Waals surface area (Å²) in [4.78, 5) is 10.5. The first-order chi connectivity index (χ1) is 7.39. The molecule has 0 saturated heterocycles. The molecule has 0 spiro atoms. The third-order valence-corrected chi connectivity index (χ3v) is 3.60. The van der Waals surface area contributed by atoms with Crippen LogP contribution in [0.5, 0.6) is 0 Å². The Morgan fingerprint density at radius 1 is 1.50 bits per heavy atom. The molecule has 0 aromatic carbocycles. The van der Waals surface area contributed by atoms with Crippen LogP contribution in [0.4, 0.5) is 4.79 Å². The Labute approximate surface area is 96.1 Å². The molecule has 0 radical (unpaired) electrons. The van der Waals surface area contributed by atoms with Gasteiger partial charge in [-0.1, -0.05) is 13.8 Å². The van der Waals surface area contributed by atoms with Gasteiger partial charge in [0.15, 0.2) is 0 Å². The molecule has 5 nitrogen and oxygen atoms in total. The molecule has 2 unspecified atom stereocenters. The fourth-order valence-electron chi connectivity index (χ4n) is 2.49. The van der Waals surface area contributed by atoms with Crippen molar-refractivity contribution in [3.63, 3.8) is 0 Å². The maximum Gasteiger partial charge on any atom is 0.332 e. The lowest BCUT2D eigenvalue weighted by Crippen LogP contribution is -2.25. The van der Waals surface area contributed by atoms with Gasteiger partial charge in [-0.3, -0.25) is 0 Å². The summed E-state index contributed by atoms with van der Waals surface area (Å²) < 4.78 is 0. The van der Waals surface area contributed by atoms with Crippen molar-refractivity contribution in [2.75, 3.05) is 6.61 Å². The summed E-state index contributed by atoms with van der Waals surface area (Å²) in [5.74, 6) is 1.09. The van der Waals surface area contributed by atoms with E-state index in [1.165, 1.54) is 0 Å². The van der Waals surface area contributed by atoms with Gasteiger partial charge in [0, 0.05) is 12.3 Å². The second kappa shape index (κ2) is 4.82. The highest BCUT2D eigenvalue weighted by molar-refractivity contribution is 5.84. The standard InChI is InChI=1S/C11H21N3O2/c1-7(13-14-10(12)16)6-9-8(4-5-15)11(9,2)3/h8-9,15H,4-6H2,1-3H3,(H3,12,14,16). The summed E-state index contributed by atoms with van der Waals surface area (Å²) in [5, 5.41) is 12.8. The van der Waals surface area contributed by atoms with Crippen molar-refractivity contribution in [1.29, 1.82) is 0 Å². The van der Waals surface area contributed by atoms with Gasteiger partial charge in [-0.05, 0) is 37.0 Å². The van der Waals surface area contributed by atoms with Gasteiger partial charge in [0.1, 0.15) is 0 Å². The minimum Gasteiger partial charge on any atom is -0.396 e. The largest absolute Gasteiger partial charge is 0.396 e. The zero-order valence-corrected chi connectivity index (χ0v) is 10.2. The van der Waals surface area contributed by atoms with E-state index in [1.807, 2.05) is 6.92 Å². The number of nitrogens with two attached hydrogens (primary N) is 1. The van der Waals surface area contributed by atoms with Crippen LogP contribution in [0.25, 0.3) is 0 Å². The predicted molar refractivity (Wildman–Crippen MR) is 62.9 cm³/mol. The SMILES string of the molecule is CC(CC1C(CCO)C1(C)C)=NNC(N)=O. The molecule has 0 aromatic rings. The predicted octanol–water partition coefficient (Wildman–Crippen LogP) is 1.08. The van der Waals surface area contributed by atoms with Gasteiger partial charge in [-0.2, -0.15) is 5.10 Å². The molecule has 2 atom stereocenters. The van der Waals surface area contributed by atoms with E-state index in [9.17, 15) is 4.79 Å². The Balaban J connectivity index is 2.44. The quantitative estimate of drug-likeness (QED) is 0.484. The van der Waals surface area contributed by atoms with Crippen LogP contribution >= 0.6 is 0 Å². The van der Waals surface area contributed by atoms with Gasteiger partial charge in [0.2, 0.25) is 0 Å². The van der Waals surface area contributed by atoms with Crippen LogP contribution in [0.15, 0.2) is 5.10 Å². The molecule has 16 heavy (non-hydrogen) atoms. The first-order valence-electron chi connectivity index (χ1n) is 5.59. The van der Waals surface area contributed by atoms with E-state index in [1.54, 1.807) is 0 Å². The summed E-state index contributed by atoms with van der Waals surface area (Å²) in [7, 11) is 0. The van der Waals surface area contributed by atoms with Crippen LogP contribution < -0.4 is 11.2 Å². The molecule has 5 heteroatoms. The highest BCUT2D eigenvalue weighted by atomic mass is 16.3. The molecule has 92 valence electrons. The summed E-state index contributed by atoms with van der Waals surface area (Å²) in [6.45, 7) is 6.51. The van der Waals surface area contributed by atoms with E-state index >= 15 is 0 Å². The number of urea groups is 1. The molecular weight excluding hydrogens is 206 g/mol. The molecule has 1 fully saturated rings. The smallest absolute Gasteiger partial charge is 0.332 e. The number of nitrogens with zero attached hydrogens (tertiary/aromatic N) is 1. The van der Waals surface area contributed by atoms with Crippen molar-refractivity contribution in [2.24, 2.45) is 28.1 Å². The van der Waals surface area contributed by atoms with E-state index in [0.29, 0.717) is 11.8 Å². The van der Waals surface area contributed by atoms with Crippen molar-refractivity contribution in [2.45, 2.75) is 33.6 Å². The van der Waals surface area contributed by atoms with Gasteiger partial charge in [0.25, 0.3) is 0 Å². The van der Waals surface area contributed by atoms with Crippen LogP contribution in [0, 0.1) is 17.3 Å². The van der Waals surface area contributed by atoms with Gasteiger partial charge in [0.05, 0.1) is 0 Å². The summed E-state index contributed by atoms with van der Waals surface area (Å²) in [6.07, 6.45) is 1.69. The molecular formula is C11H21N3O2. The van der Waals surface area contributed by atoms with Gasteiger partial charge >= 0.3 is 6.03 Å². The van der Waals surface area contributed by atoms with E-state index in [0.717, 1.165) is 18.6 Å². The normalized spacial score (nSPS) is 27.6. The summed E-state index contributed by atoms with van der Waals surface area (Å²) in [5.41, 5.74) is 8.30. The second-order valence-corrected chi connectivity index (χ2v) is 5.07. The van der Waals surface area contributed by atoms with Crippen LogP contribution in [-0.4, -0.2) is 23.5 Å². The van der Waals surface area contributed by atoms with E-state index in [4.69, 9.17) is 10.8 Å². The molecule has 0 bridgehead atoms. The van der Waals surface area contributed by atoms with Crippen molar-refractivity contribution in [3.05, 3.63) is 0 Å². The number of hydrazone groups is 1. The fraction of sp³-hybridized carbons (Fsp3) is 0.818. The van der Waals surface area contributed by atoms with Crippen molar-refractivity contribution in [3.8, 4) is 0 Å². The topological polar surface area (TPSA) is 87.7 Å². The monoisotopic (exact) mass is 227 g/mol. The molecule has 0 heterocycles. The minimum absolute atomic E-state index is 0.236. The molecule has 2 amide bonds. The summed E-state index contributed by atoms with van der Waals surface area (Å²) >= 11 is 0. The zero-order valence-electron chi connectivity index (χ0n) is 10.2. The fourth-order valence-corrected chi connectivity index (χ4v) is 2.49. The van der Waals surface area contributed by atoms with Crippen molar-refractivity contribution < 1.29 is 9.90 Å². The van der Waals surface area contributed by atoms with Gasteiger partial charge in [-0.25, -0.2) is 10.2 Å². The third kappa shape index (κ3) is 2.95. The van der Waals surface area contributed by atoms with E-state index in [-0.39, 0.29) is 12.0 Å². The molecule has 0 aliphatic heterocycles. The number of rotatable bonds is 5. The number of nitrogens with one attached hydrogen (secondary N) is 1. The molecule has 1 aliphatic carbocycles. The average molecular weight is 227 g/mol. The van der Waals surface area contributed by atoms with Gasteiger partial charge in [-0.15, -0.1) is 0 Å². The first kappa shape index (κ1) is 13.0. The number of hydrogen-bond acceptors (Lipinski definition) is 3. The Morgan fingerprint density at radius 2 is 2.12 bits per heavy atom. The Bertz CT molecular complexity index is 300. The lowest BCUT2D eigenvalue weighted by atomic mass is 10.1. The van der Waals surface area contributed by atoms with E-state index in [2.05, 4.69) is 24.4 Å². The van der Waals surface area contributed by atoms with Crippen LogP contribution in [0.2, 0.25) is 0 Å². The molecule has 1 rings (SSSR count). The molecule has 1 aliphatic rings. The number of carbonyl (C=O) groups excluding carboxylic acids is 1. The van der Waals surface area contributed by atoms with Crippen LogP contribution in [-0.2, 0) is 0 Å². The zero-order chi connectivity index (χ0) is 12.3. The summed E-state index contributed by atoms with van der Waals surface area (Å²) in [6, 6.07) is -0.638. The Kier molecular flexibility index (Phi) is 3.91. The van der Waals surface area contributed by atoms with Crippen LogP contribution in [0.3, 0.4) is 0 Å². The number of carbonyl (C=O) groups is 1. The second-order valence-electron chi connectivity index (χ2n) is 5.07. The van der Waals surface area contributed by atoms with Crippen molar-refractivity contribution in [1.82, 2.24) is 5.43 Å². The van der Waals surface area contributed by atoms with E-state index < -0.39 is 6.03 Å². The molecule has 4 N–H and O–H groups in total. The lowest BCUT2D eigenvalue weighted by Gasteiger charge is -2.02. The Morgan fingerprint density at radius 3 is 2.62 bits per heavy atom. The number of aliphatic hydroxyl groups excluding tert-OH is 1. The highest BCUT2D eigenvalue weighted by Crippen LogP contribution is 2.61. The van der Waals surface area contributed by atoms with Crippen LogP contribution in [0.1, 0.15) is 33.6 Å². The highest BCUT2D eigenvalue weighted by Gasteiger charge is 2.56. The lowest BCUT2D eigenvalue weighted by molar-refractivity contribution is 0.249. The number of hydrogen-bond donors (Lipinski definition) is 3. The number of amides is 2. The number of primary amides is 1. The van der Waals surface area contributed by atoms with Crippen molar-refractivity contribution >= 4 is 11.7 Å². The maximum atomic E-state index is 10.5.